The van der Waals surface area contributed by atoms with Crippen molar-refractivity contribution in [3.63, 3.8) is 0 Å². The number of carbonyl (C=O) groups is 1. The van der Waals surface area contributed by atoms with Gasteiger partial charge in [0.2, 0.25) is 0 Å². The lowest BCUT2D eigenvalue weighted by molar-refractivity contribution is 0.262. The van der Waals surface area contributed by atoms with Crippen LogP contribution in [0.4, 0.5) is 22.0 Å². The summed E-state index contributed by atoms with van der Waals surface area (Å²) in [6.07, 6.45) is 6.00. The van der Waals surface area contributed by atoms with E-state index in [-0.39, 0.29) is 17.8 Å². The topological polar surface area (TPSA) is 182 Å². The number of aromatic nitrogens is 2. The summed E-state index contributed by atoms with van der Waals surface area (Å²) in [7, 11) is 3.89. The Morgan fingerprint density at radius 3 is 2.44 bits per heavy atom. The average molecular weight is 501 g/mol. The van der Waals surface area contributed by atoms with Crippen molar-refractivity contribution in [3.05, 3.63) is 47.0 Å². The number of aryl methyl sites for hydroxylation is 1. The number of aliphatic imine (C=N–C) groups is 1. The highest BCUT2D eigenvalue weighted by atomic mass is 16.2. The van der Waals surface area contributed by atoms with Gasteiger partial charge >= 0.3 is 11.7 Å². The fourth-order valence-electron chi connectivity index (χ4n) is 3.60. The van der Waals surface area contributed by atoms with E-state index in [1.807, 2.05) is 31.1 Å². The Morgan fingerprint density at radius 1 is 1.08 bits per heavy atom. The second kappa shape index (κ2) is 15.4. The Hall–Kier alpha value is -3.64. The van der Waals surface area contributed by atoms with Gasteiger partial charge in [-0.05, 0) is 75.5 Å². The van der Waals surface area contributed by atoms with E-state index in [1.165, 1.54) is 0 Å². The van der Waals surface area contributed by atoms with Crippen molar-refractivity contribution >= 4 is 29.2 Å². The van der Waals surface area contributed by atoms with Gasteiger partial charge in [-0.1, -0.05) is 0 Å². The molecule has 1 heterocycles. The van der Waals surface area contributed by atoms with E-state index in [0.29, 0.717) is 25.3 Å². The van der Waals surface area contributed by atoms with Gasteiger partial charge in [-0.3, -0.25) is 14.9 Å². The monoisotopic (exact) mass is 500 g/mol. The second-order valence-electron chi connectivity index (χ2n) is 8.69. The van der Waals surface area contributed by atoms with Crippen LogP contribution in [0.25, 0.3) is 0 Å². The molecule has 0 aliphatic rings. The van der Waals surface area contributed by atoms with Crippen LogP contribution in [0.3, 0.4) is 0 Å². The number of amides is 2. The molecule has 2 rings (SSSR count). The predicted molar refractivity (Wildman–Crippen MR) is 147 cm³/mol. The number of nitrogens with two attached hydrogens (primary N) is 3. The highest BCUT2D eigenvalue weighted by Crippen LogP contribution is 2.16. The zero-order valence-electron chi connectivity index (χ0n) is 21.2. The Balaban J connectivity index is 1.84. The van der Waals surface area contributed by atoms with Gasteiger partial charge in [-0.2, -0.15) is 4.98 Å². The van der Waals surface area contributed by atoms with E-state index in [0.717, 1.165) is 44.3 Å². The molecule has 0 fully saturated rings. The number of carbonyl (C=O) groups excluding carboxylic acids is 1. The first-order valence-electron chi connectivity index (χ1n) is 12.2. The van der Waals surface area contributed by atoms with Crippen molar-refractivity contribution in [3.8, 4) is 0 Å². The second-order valence-corrected chi connectivity index (χ2v) is 8.69. The van der Waals surface area contributed by atoms with Crippen LogP contribution in [0, 0.1) is 0 Å². The van der Waals surface area contributed by atoms with Gasteiger partial charge in [0.05, 0.1) is 0 Å². The Bertz CT molecular complexity index is 1020. The lowest BCUT2D eigenvalue weighted by atomic mass is 10.1. The lowest BCUT2D eigenvalue weighted by Crippen LogP contribution is -2.32. The van der Waals surface area contributed by atoms with Crippen LogP contribution in [-0.2, 0) is 6.54 Å². The molecule has 1 unspecified atom stereocenters. The highest BCUT2D eigenvalue weighted by Gasteiger charge is 2.10. The third-order valence-corrected chi connectivity index (χ3v) is 5.53. The van der Waals surface area contributed by atoms with Crippen molar-refractivity contribution in [2.24, 2.45) is 22.2 Å². The number of hydrogen-bond acceptors (Lipinski definition) is 7. The minimum absolute atomic E-state index is 0.101. The molecule has 0 spiro atoms. The number of guanidine groups is 1. The standard InChI is InChI=1S/C24H40N10O2/c1-33(2)20-10-8-19(9-11-20)30-23(35)31-21-12-17-34(24(36)32-21)16-4-7-18(28-15-5-13-25)6-3-14-29-22(26)27/h8-12,17-18,28H,3-7,13-16,25H2,1-2H3,(H4,26,27,29)(H2,30,31,32,35,36). The molecule has 0 saturated heterocycles. The van der Waals surface area contributed by atoms with Gasteiger partial charge in [-0.25, -0.2) is 9.59 Å². The number of nitrogens with zero attached hydrogens (tertiary/aromatic N) is 4. The number of anilines is 3. The SMILES string of the molecule is CN(C)c1ccc(NC(=O)Nc2ccn(CCCC(CCCN=C(N)N)NCCCN)c(=O)n2)cc1. The highest BCUT2D eigenvalue weighted by molar-refractivity contribution is 5.99. The number of hydrogen-bond donors (Lipinski definition) is 6. The van der Waals surface area contributed by atoms with Crippen molar-refractivity contribution < 1.29 is 4.79 Å². The number of benzene rings is 1. The quantitative estimate of drug-likeness (QED) is 0.119. The summed E-state index contributed by atoms with van der Waals surface area (Å²) in [6.45, 7) is 2.59. The Labute approximate surface area is 212 Å². The smallest absolute Gasteiger partial charge is 0.349 e. The Morgan fingerprint density at radius 2 is 1.81 bits per heavy atom. The van der Waals surface area contributed by atoms with Crippen LogP contribution >= 0.6 is 0 Å². The summed E-state index contributed by atoms with van der Waals surface area (Å²) in [5.74, 6) is 0.295. The van der Waals surface area contributed by atoms with Crippen molar-refractivity contribution in [2.75, 3.05) is 49.3 Å². The molecule has 0 bridgehead atoms. The van der Waals surface area contributed by atoms with E-state index in [1.54, 1.807) is 29.0 Å². The number of rotatable bonds is 15. The molecule has 9 N–H and O–H groups in total. The van der Waals surface area contributed by atoms with Gasteiger partial charge in [0.1, 0.15) is 5.82 Å². The van der Waals surface area contributed by atoms with Gasteiger partial charge in [0.25, 0.3) is 0 Å². The summed E-state index contributed by atoms with van der Waals surface area (Å²) in [5.41, 5.74) is 17.6. The average Bonchev–Trinajstić information content (AvgIpc) is 2.83. The third-order valence-electron chi connectivity index (χ3n) is 5.53. The van der Waals surface area contributed by atoms with Gasteiger partial charge in [-0.15, -0.1) is 0 Å². The molecular weight excluding hydrogens is 460 g/mol. The fraction of sp³-hybridized carbons (Fsp3) is 0.500. The van der Waals surface area contributed by atoms with E-state index < -0.39 is 11.7 Å². The molecule has 0 aliphatic heterocycles. The first kappa shape index (κ1) is 28.6. The molecule has 0 saturated carbocycles. The van der Waals surface area contributed by atoms with Gasteiger partial charge in [0.15, 0.2) is 5.96 Å². The largest absolute Gasteiger partial charge is 0.378 e. The third kappa shape index (κ3) is 10.7. The summed E-state index contributed by atoms with van der Waals surface area (Å²) in [6, 6.07) is 8.84. The van der Waals surface area contributed by atoms with Gasteiger partial charge in [0, 0.05) is 50.8 Å². The zero-order valence-corrected chi connectivity index (χ0v) is 21.2. The first-order chi connectivity index (χ1) is 17.3. The van der Waals surface area contributed by atoms with Crippen LogP contribution in [0.2, 0.25) is 0 Å². The maximum atomic E-state index is 12.5. The minimum atomic E-state index is -0.468. The summed E-state index contributed by atoms with van der Waals surface area (Å²) >= 11 is 0. The zero-order chi connectivity index (χ0) is 26.3. The van der Waals surface area contributed by atoms with Crippen LogP contribution in [0.5, 0.6) is 0 Å². The molecule has 0 radical (unpaired) electrons. The summed E-state index contributed by atoms with van der Waals surface area (Å²) < 4.78 is 1.54. The molecule has 12 nitrogen and oxygen atoms in total. The molecule has 1 atom stereocenters. The van der Waals surface area contributed by atoms with Crippen molar-refractivity contribution in [2.45, 2.75) is 44.7 Å². The fourth-order valence-corrected chi connectivity index (χ4v) is 3.60. The summed E-state index contributed by atoms with van der Waals surface area (Å²) in [4.78, 5) is 34.7. The van der Waals surface area contributed by atoms with Crippen LogP contribution in [0.15, 0.2) is 46.3 Å². The lowest BCUT2D eigenvalue weighted by Gasteiger charge is -2.18. The molecule has 2 aromatic rings. The normalized spacial score (nSPS) is 11.5. The molecule has 0 aliphatic carbocycles. The van der Waals surface area contributed by atoms with E-state index in [4.69, 9.17) is 17.2 Å². The molecule has 1 aromatic carbocycles. The molecule has 2 amide bonds. The summed E-state index contributed by atoms with van der Waals surface area (Å²) in [5, 5.41) is 8.85. The Kier molecular flexibility index (Phi) is 12.2. The number of urea groups is 1. The van der Waals surface area contributed by atoms with E-state index in [9.17, 15) is 9.59 Å². The molecule has 1 aromatic heterocycles. The molecule has 12 heteroatoms. The maximum absolute atomic E-state index is 12.5. The number of nitrogens with one attached hydrogen (secondary N) is 3. The van der Waals surface area contributed by atoms with Crippen molar-refractivity contribution in [1.29, 1.82) is 0 Å². The van der Waals surface area contributed by atoms with Crippen LogP contribution in [0.1, 0.15) is 32.1 Å². The van der Waals surface area contributed by atoms with E-state index >= 15 is 0 Å². The minimum Gasteiger partial charge on any atom is -0.378 e. The van der Waals surface area contributed by atoms with Crippen LogP contribution < -0.4 is 43.7 Å². The van der Waals surface area contributed by atoms with Crippen LogP contribution in [-0.4, -0.2) is 61.3 Å². The van der Waals surface area contributed by atoms with E-state index in [2.05, 4.69) is 25.9 Å². The van der Waals surface area contributed by atoms with Crippen molar-refractivity contribution in [1.82, 2.24) is 14.9 Å². The maximum Gasteiger partial charge on any atom is 0.349 e. The first-order valence-corrected chi connectivity index (χ1v) is 12.2. The molecular formula is C24H40N10O2. The molecule has 36 heavy (non-hydrogen) atoms. The predicted octanol–water partition coefficient (Wildman–Crippen LogP) is 1.09. The van der Waals surface area contributed by atoms with Gasteiger partial charge < -0.3 is 32.7 Å². The molecule has 198 valence electrons.